The van der Waals surface area contributed by atoms with Crippen molar-refractivity contribution in [2.24, 2.45) is 0 Å². The topological polar surface area (TPSA) is 88.9 Å². The fourth-order valence-corrected chi connectivity index (χ4v) is 2.57. The minimum Gasteiger partial charge on any atom is -0.350 e. The van der Waals surface area contributed by atoms with Crippen LogP contribution in [0, 0.1) is 0 Å². The molecule has 3 rings (SSSR count). The maximum absolute atomic E-state index is 11.9. The van der Waals surface area contributed by atoms with Crippen LogP contribution in [0.1, 0.15) is 29.8 Å². The molecule has 2 amide bonds. The van der Waals surface area contributed by atoms with Gasteiger partial charge in [0, 0.05) is 6.42 Å². The third-order valence-corrected chi connectivity index (χ3v) is 3.83. The van der Waals surface area contributed by atoms with E-state index in [0.29, 0.717) is 25.2 Å². The second kappa shape index (κ2) is 7.04. The Morgan fingerprint density at radius 2 is 2.13 bits per heavy atom. The standard InChI is InChI=1S/C16H19N5O2/c22-15(8-4-7-12-5-2-1-3-6-12)17-9-13-14-10-18-16(23)11-21(14)20-19-13/h1-3,5-6H,4,7-11H2,(H,17,22)(H,18,23). The molecule has 1 aliphatic heterocycles. The fourth-order valence-electron chi connectivity index (χ4n) is 2.57. The van der Waals surface area contributed by atoms with Gasteiger partial charge >= 0.3 is 0 Å². The van der Waals surface area contributed by atoms with Crippen LogP contribution in [-0.4, -0.2) is 26.8 Å². The van der Waals surface area contributed by atoms with Crippen molar-refractivity contribution in [1.82, 2.24) is 25.6 Å². The van der Waals surface area contributed by atoms with E-state index in [-0.39, 0.29) is 18.4 Å². The number of hydrogen-bond acceptors (Lipinski definition) is 4. The van der Waals surface area contributed by atoms with E-state index in [9.17, 15) is 9.59 Å². The van der Waals surface area contributed by atoms with Gasteiger partial charge in [-0.2, -0.15) is 0 Å². The smallest absolute Gasteiger partial charge is 0.242 e. The van der Waals surface area contributed by atoms with E-state index < -0.39 is 0 Å². The van der Waals surface area contributed by atoms with Crippen molar-refractivity contribution in [3.8, 4) is 0 Å². The van der Waals surface area contributed by atoms with Crippen LogP contribution in [0.15, 0.2) is 30.3 Å². The Hall–Kier alpha value is -2.70. The van der Waals surface area contributed by atoms with Gasteiger partial charge in [-0.25, -0.2) is 4.68 Å². The van der Waals surface area contributed by atoms with Crippen LogP contribution in [0.2, 0.25) is 0 Å². The predicted molar refractivity (Wildman–Crippen MR) is 83.1 cm³/mol. The molecule has 2 N–H and O–H groups in total. The Morgan fingerprint density at radius 1 is 1.30 bits per heavy atom. The molecule has 1 aromatic carbocycles. The number of fused-ring (bicyclic) bond motifs is 1. The van der Waals surface area contributed by atoms with Crippen LogP contribution >= 0.6 is 0 Å². The highest BCUT2D eigenvalue weighted by Gasteiger charge is 2.20. The number of nitrogens with one attached hydrogen (secondary N) is 2. The summed E-state index contributed by atoms with van der Waals surface area (Å²) in [6.07, 6.45) is 2.18. The van der Waals surface area contributed by atoms with E-state index in [1.807, 2.05) is 18.2 Å². The fraction of sp³-hybridized carbons (Fsp3) is 0.375. The molecule has 0 atom stereocenters. The van der Waals surface area contributed by atoms with E-state index in [1.165, 1.54) is 5.56 Å². The van der Waals surface area contributed by atoms with Crippen molar-refractivity contribution >= 4 is 11.8 Å². The number of hydrogen-bond donors (Lipinski definition) is 2. The highest BCUT2D eigenvalue weighted by Crippen LogP contribution is 2.09. The molecular formula is C16H19N5O2. The molecule has 0 radical (unpaired) electrons. The van der Waals surface area contributed by atoms with Crippen LogP contribution in [-0.2, 0) is 35.6 Å². The monoisotopic (exact) mass is 313 g/mol. The van der Waals surface area contributed by atoms with Gasteiger partial charge in [0.2, 0.25) is 11.8 Å². The molecule has 0 unspecified atom stereocenters. The maximum atomic E-state index is 11.9. The van der Waals surface area contributed by atoms with Crippen LogP contribution in [0.4, 0.5) is 0 Å². The highest BCUT2D eigenvalue weighted by molar-refractivity contribution is 5.77. The first-order valence-electron chi connectivity index (χ1n) is 7.71. The number of rotatable bonds is 6. The molecule has 2 aromatic rings. The van der Waals surface area contributed by atoms with Gasteiger partial charge in [0.25, 0.3) is 0 Å². The lowest BCUT2D eigenvalue weighted by Gasteiger charge is -2.14. The van der Waals surface area contributed by atoms with Crippen LogP contribution in [0.25, 0.3) is 0 Å². The zero-order chi connectivity index (χ0) is 16.1. The Labute approximate surface area is 134 Å². The zero-order valence-electron chi connectivity index (χ0n) is 12.8. The van der Waals surface area contributed by atoms with Gasteiger partial charge in [0.05, 0.1) is 18.8 Å². The van der Waals surface area contributed by atoms with Crippen molar-refractivity contribution in [3.05, 3.63) is 47.3 Å². The lowest BCUT2D eigenvalue weighted by atomic mass is 10.1. The average molecular weight is 313 g/mol. The van der Waals surface area contributed by atoms with E-state index in [4.69, 9.17) is 0 Å². The first-order chi connectivity index (χ1) is 11.2. The molecular weight excluding hydrogens is 294 g/mol. The van der Waals surface area contributed by atoms with Gasteiger partial charge in [-0.3, -0.25) is 9.59 Å². The number of carbonyl (C=O) groups is 2. The summed E-state index contributed by atoms with van der Waals surface area (Å²) in [5.74, 6) is -0.0681. The van der Waals surface area contributed by atoms with E-state index in [0.717, 1.165) is 18.5 Å². The molecule has 0 aliphatic carbocycles. The summed E-state index contributed by atoms with van der Waals surface area (Å²) in [6.45, 7) is 0.938. The Morgan fingerprint density at radius 3 is 2.96 bits per heavy atom. The SMILES string of the molecule is O=C(CCCc1ccccc1)NCc1nnn2c1CNC(=O)C2. The van der Waals surface area contributed by atoms with Crippen molar-refractivity contribution in [1.29, 1.82) is 0 Å². The maximum Gasteiger partial charge on any atom is 0.242 e. The first kappa shape index (κ1) is 15.2. The quantitative estimate of drug-likeness (QED) is 0.815. The molecule has 7 heteroatoms. The number of benzene rings is 1. The van der Waals surface area contributed by atoms with Crippen LogP contribution in [0.3, 0.4) is 0 Å². The van der Waals surface area contributed by atoms with E-state index in [1.54, 1.807) is 4.68 Å². The second-order valence-electron chi connectivity index (χ2n) is 5.53. The molecule has 0 bridgehead atoms. The zero-order valence-corrected chi connectivity index (χ0v) is 12.8. The number of carbonyl (C=O) groups excluding carboxylic acids is 2. The predicted octanol–water partition coefficient (Wildman–Crippen LogP) is 0.547. The van der Waals surface area contributed by atoms with Crippen molar-refractivity contribution in [2.45, 2.75) is 38.9 Å². The lowest BCUT2D eigenvalue weighted by molar-refractivity contribution is -0.123. The molecule has 0 spiro atoms. The molecule has 0 saturated carbocycles. The number of amides is 2. The number of nitrogens with zero attached hydrogens (tertiary/aromatic N) is 3. The molecule has 2 heterocycles. The normalized spacial score (nSPS) is 13.3. The van der Waals surface area contributed by atoms with Gasteiger partial charge < -0.3 is 10.6 Å². The summed E-state index contributed by atoms with van der Waals surface area (Å²) in [6, 6.07) is 10.1. The van der Waals surface area contributed by atoms with E-state index in [2.05, 4.69) is 33.1 Å². The van der Waals surface area contributed by atoms with Gasteiger partial charge in [-0.15, -0.1) is 5.10 Å². The van der Waals surface area contributed by atoms with E-state index >= 15 is 0 Å². The van der Waals surface area contributed by atoms with Gasteiger partial charge in [0.1, 0.15) is 12.2 Å². The molecule has 23 heavy (non-hydrogen) atoms. The largest absolute Gasteiger partial charge is 0.350 e. The van der Waals surface area contributed by atoms with Gasteiger partial charge in [-0.05, 0) is 18.4 Å². The summed E-state index contributed by atoms with van der Waals surface area (Å²) in [7, 11) is 0. The summed E-state index contributed by atoms with van der Waals surface area (Å²) < 4.78 is 1.58. The molecule has 1 aromatic heterocycles. The molecule has 7 nitrogen and oxygen atoms in total. The molecule has 1 aliphatic rings. The van der Waals surface area contributed by atoms with Crippen molar-refractivity contribution in [2.75, 3.05) is 0 Å². The Kier molecular flexibility index (Phi) is 4.65. The Balaban J connectivity index is 1.44. The number of aromatic nitrogens is 3. The number of aryl methyl sites for hydroxylation is 1. The summed E-state index contributed by atoms with van der Waals surface area (Å²) in [5, 5.41) is 13.6. The second-order valence-corrected chi connectivity index (χ2v) is 5.53. The molecule has 120 valence electrons. The van der Waals surface area contributed by atoms with Crippen LogP contribution < -0.4 is 10.6 Å². The minimum absolute atomic E-state index is 0.00234. The average Bonchev–Trinajstić information content (AvgIpc) is 2.96. The van der Waals surface area contributed by atoms with Crippen molar-refractivity contribution < 1.29 is 9.59 Å². The van der Waals surface area contributed by atoms with Crippen LogP contribution in [0.5, 0.6) is 0 Å². The van der Waals surface area contributed by atoms with Gasteiger partial charge in [0.15, 0.2) is 0 Å². The highest BCUT2D eigenvalue weighted by atomic mass is 16.2. The molecule has 0 fully saturated rings. The van der Waals surface area contributed by atoms with Crippen molar-refractivity contribution in [3.63, 3.8) is 0 Å². The third kappa shape index (κ3) is 3.94. The van der Waals surface area contributed by atoms with Gasteiger partial charge in [-0.1, -0.05) is 35.5 Å². The third-order valence-electron chi connectivity index (χ3n) is 3.83. The first-order valence-corrected chi connectivity index (χ1v) is 7.71. The summed E-state index contributed by atoms with van der Waals surface area (Å²) in [5.41, 5.74) is 2.80. The minimum atomic E-state index is -0.0705. The summed E-state index contributed by atoms with van der Waals surface area (Å²) >= 11 is 0. The lowest BCUT2D eigenvalue weighted by Crippen LogP contribution is -2.35. The molecule has 0 saturated heterocycles. The summed E-state index contributed by atoms with van der Waals surface area (Å²) in [4.78, 5) is 23.2. The Bertz CT molecular complexity index is 696.